The summed E-state index contributed by atoms with van der Waals surface area (Å²) in [4.78, 5) is 17.3. The molecule has 0 aliphatic heterocycles. The average molecular weight is 514 g/mol. The maximum Gasteiger partial charge on any atom is 0.428 e. The van der Waals surface area contributed by atoms with E-state index in [0.717, 1.165) is 28.9 Å². The maximum atomic E-state index is 12.8. The van der Waals surface area contributed by atoms with E-state index in [9.17, 15) is 13.2 Å². The number of hydrogen-bond donors (Lipinski definition) is 2. The summed E-state index contributed by atoms with van der Waals surface area (Å²) in [5.41, 5.74) is 3.35. The number of benzene rings is 2. The highest BCUT2D eigenvalue weighted by molar-refractivity contribution is 7.75. The van der Waals surface area contributed by atoms with Gasteiger partial charge in [0.15, 0.2) is 0 Å². The molecule has 0 aliphatic rings. The number of aromatic nitrogens is 2. The minimum Gasteiger partial charge on any atom is -0.446 e. The van der Waals surface area contributed by atoms with Crippen LogP contribution in [0.2, 0.25) is 0 Å². The fourth-order valence-electron chi connectivity index (χ4n) is 4.19. The second-order valence-corrected chi connectivity index (χ2v) is 11.0. The summed E-state index contributed by atoms with van der Waals surface area (Å²) in [5.74, 6) is 1.26. The van der Waals surface area contributed by atoms with Crippen LogP contribution in [-0.4, -0.2) is 42.4 Å². The first kappa shape index (κ1) is 27.4. The van der Waals surface area contributed by atoms with Gasteiger partial charge in [-0.1, -0.05) is 65.0 Å². The van der Waals surface area contributed by atoms with E-state index in [1.807, 2.05) is 42.6 Å². The molecule has 1 heterocycles. The van der Waals surface area contributed by atoms with Gasteiger partial charge < -0.3 is 14.4 Å². The lowest BCUT2D eigenvalue weighted by Gasteiger charge is -2.24. The number of amides is 1. The van der Waals surface area contributed by atoms with Crippen LogP contribution in [0.25, 0.3) is 11.1 Å². The molecule has 3 aromatic rings. The second-order valence-electron chi connectivity index (χ2n) is 10.1. The number of anilines is 1. The molecule has 0 saturated heterocycles. The van der Waals surface area contributed by atoms with Gasteiger partial charge in [-0.2, -0.15) is 4.31 Å². The number of carbonyl (C=O) groups excluding carboxylic acids is 1. The lowest BCUT2D eigenvalue weighted by molar-refractivity contribution is 0.128. The normalized spacial score (nSPS) is 11.8. The molecule has 0 atom stereocenters. The van der Waals surface area contributed by atoms with Crippen LogP contribution in [0, 0.1) is 5.92 Å². The maximum absolute atomic E-state index is 12.8. The molecule has 0 spiro atoms. The molecule has 3 rings (SSSR count). The van der Waals surface area contributed by atoms with E-state index in [4.69, 9.17) is 9.84 Å². The Kier molecular flexibility index (Phi) is 8.92. The van der Waals surface area contributed by atoms with Crippen molar-refractivity contribution in [3.63, 3.8) is 0 Å². The fraction of sp³-hybridized carbons (Fsp3) is 0.407. The predicted molar refractivity (Wildman–Crippen MR) is 142 cm³/mol. The van der Waals surface area contributed by atoms with Gasteiger partial charge in [0.2, 0.25) is 10.9 Å². The first-order valence-corrected chi connectivity index (χ1v) is 13.1. The Bertz CT molecular complexity index is 1250. The first-order valence-electron chi connectivity index (χ1n) is 12.0. The van der Waals surface area contributed by atoms with Gasteiger partial charge in [0, 0.05) is 29.9 Å². The number of ether oxygens (including phenoxy) is 1. The molecule has 0 aliphatic carbocycles. The topological polar surface area (TPSA) is 102 Å². The number of nitrogens with zero attached hydrogens (tertiary/aromatic N) is 3. The van der Waals surface area contributed by atoms with Gasteiger partial charge >= 0.3 is 6.09 Å². The quantitative estimate of drug-likeness (QED) is 0.407. The van der Waals surface area contributed by atoms with Crippen molar-refractivity contribution in [2.75, 3.05) is 17.5 Å². The molecular formula is C27H35N3O5S. The van der Waals surface area contributed by atoms with Crippen molar-refractivity contribution in [2.45, 2.75) is 53.0 Å². The van der Waals surface area contributed by atoms with Gasteiger partial charge in [-0.15, -0.1) is 0 Å². The number of rotatable bonds is 9. The fourth-order valence-corrected chi connectivity index (χ4v) is 4.72. The number of thiol groups is 1. The van der Waals surface area contributed by atoms with E-state index >= 15 is 0 Å². The Morgan fingerprint density at radius 3 is 2.42 bits per heavy atom. The lowest BCUT2D eigenvalue weighted by Crippen LogP contribution is -2.31. The summed E-state index contributed by atoms with van der Waals surface area (Å²) in [5, 5.41) is 9.08. The zero-order chi connectivity index (χ0) is 26.5. The van der Waals surface area contributed by atoms with Crippen molar-refractivity contribution >= 4 is 22.7 Å². The molecule has 0 radical (unpaired) electrons. The van der Waals surface area contributed by atoms with Crippen LogP contribution in [0.4, 0.5) is 10.5 Å². The van der Waals surface area contributed by atoms with Crippen LogP contribution in [0.15, 0.2) is 54.9 Å². The standard InChI is InChI=1S/C27H35N3O5S/c1-19(2)15-21-16-23(20-9-7-6-8-10-20)24(30(36(33)34)26(32)35-14-13-31)17-22(21)18-29-12-11-28-25(29)27(3,4)5/h6-12,16-17,19,31,36H,13-15,18H2,1-5H3. The molecule has 0 fully saturated rings. The van der Waals surface area contributed by atoms with Gasteiger partial charge in [-0.05, 0) is 41.2 Å². The largest absolute Gasteiger partial charge is 0.446 e. The molecule has 2 aromatic carbocycles. The van der Waals surface area contributed by atoms with Crippen molar-refractivity contribution in [2.24, 2.45) is 5.92 Å². The van der Waals surface area contributed by atoms with Crippen molar-refractivity contribution in [3.8, 4) is 11.1 Å². The summed E-state index contributed by atoms with van der Waals surface area (Å²) >= 11 is 0. The Morgan fingerprint density at radius 1 is 1.14 bits per heavy atom. The summed E-state index contributed by atoms with van der Waals surface area (Å²) in [7, 11) is -3.36. The molecule has 9 heteroatoms. The molecule has 1 N–H and O–H groups in total. The van der Waals surface area contributed by atoms with E-state index < -0.39 is 23.6 Å². The van der Waals surface area contributed by atoms with Crippen LogP contribution < -0.4 is 4.31 Å². The lowest BCUT2D eigenvalue weighted by atomic mass is 9.91. The Labute approximate surface area is 214 Å². The average Bonchev–Trinajstić information content (AvgIpc) is 3.28. The molecule has 1 aromatic heterocycles. The Morgan fingerprint density at radius 2 is 1.83 bits per heavy atom. The van der Waals surface area contributed by atoms with Crippen LogP contribution >= 0.6 is 0 Å². The van der Waals surface area contributed by atoms with Gasteiger partial charge in [-0.3, -0.25) is 0 Å². The van der Waals surface area contributed by atoms with Gasteiger partial charge in [0.05, 0.1) is 12.3 Å². The van der Waals surface area contributed by atoms with Gasteiger partial charge in [0.25, 0.3) is 0 Å². The minimum atomic E-state index is -3.36. The summed E-state index contributed by atoms with van der Waals surface area (Å²) in [6, 6.07) is 13.1. The molecule has 0 unspecified atom stereocenters. The van der Waals surface area contributed by atoms with Crippen LogP contribution in [0.5, 0.6) is 0 Å². The van der Waals surface area contributed by atoms with Crippen LogP contribution in [0.1, 0.15) is 51.6 Å². The van der Waals surface area contributed by atoms with E-state index in [1.165, 1.54) is 0 Å². The second kappa shape index (κ2) is 11.7. The minimum absolute atomic E-state index is 0.187. The summed E-state index contributed by atoms with van der Waals surface area (Å²) in [6.07, 6.45) is 3.38. The number of hydrogen-bond acceptors (Lipinski definition) is 6. The zero-order valence-electron chi connectivity index (χ0n) is 21.5. The third-order valence-corrected chi connectivity index (χ3v) is 6.34. The first-order chi connectivity index (χ1) is 17.0. The molecule has 1 amide bonds. The monoisotopic (exact) mass is 513 g/mol. The predicted octanol–water partition coefficient (Wildman–Crippen LogP) is 4.56. The number of carbonyl (C=O) groups is 1. The van der Waals surface area contributed by atoms with E-state index in [-0.39, 0.29) is 17.7 Å². The molecule has 0 saturated carbocycles. The highest BCUT2D eigenvalue weighted by Crippen LogP contribution is 2.36. The van der Waals surface area contributed by atoms with E-state index in [2.05, 4.69) is 44.2 Å². The molecule has 36 heavy (non-hydrogen) atoms. The van der Waals surface area contributed by atoms with Crippen molar-refractivity contribution in [3.05, 3.63) is 71.8 Å². The van der Waals surface area contributed by atoms with Crippen LogP contribution in [-0.2, 0) is 34.0 Å². The Balaban J connectivity index is 2.26. The summed E-state index contributed by atoms with van der Waals surface area (Å²) < 4.78 is 32.4. The number of aliphatic hydroxyl groups excluding tert-OH is 1. The highest BCUT2D eigenvalue weighted by atomic mass is 32.2. The Hall–Kier alpha value is -3.17. The third kappa shape index (κ3) is 6.53. The number of aliphatic hydroxyl groups is 1. The van der Waals surface area contributed by atoms with Gasteiger partial charge in [-0.25, -0.2) is 18.2 Å². The zero-order valence-corrected chi connectivity index (χ0v) is 22.4. The number of imidazole rings is 1. The molecular weight excluding hydrogens is 478 g/mol. The van der Waals surface area contributed by atoms with Crippen LogP contribution in [0.3, 0.4) is 0 Å². The SMILES string of the molecule is CC(C)Cc1cc(-c2ccccc2)c(N(C(=O)OCCO)[SH](=O)=O)cc1Cn1ccnc1C(C)(C)C. The van der Waals surface area contributed by atoms with Gasteiger partial charge in [0.1, 0.15) is 12.4 Å². The molecule has 0 bridgehead atoms. The molecule has 8 nitrogen and oxygen atoms in total. The summed E-state index contributed by atoms with van der Waals surface area (Å²) in [6.45, 7) is 10.3. The van der Waals surface area contributed by atoms with Crippen molar-refractivity contribution < 1.29 is 23.1 Å². The molecule has 194 valence electrons. The van der Waals surface area contributed by atoms with Crippen molar-refractivity contribution in [1.82, 2.24) is 9.55 Å². The van der Waals surface area contributed by atoms with E-state index in [0.29, 0.717) is 22.3 Å². The third-order valence-electron chi connectivity index (χ3n) is 5.64. The highest BCUT2D eigenvalue weighted by Gasteiger charge is 2.26. The van der Waals surface area contributed by atoms with E-state index in [1.54, 1.807) is 12.3 Å². The smallest absolute Gasteiger partial charge is 0.428 e. The van der Waals surface area contributed by atoms with Crippen molar-refractivity contribution in [1.29, 1.82) is 0 Å².